The lowest BCUT2D eigenvalue weighted by Gasteiger charge is -2.08. The van der Waals surface area contributed by atoms with Crippen molar-refractivity contribution < 1.29 is 14.3 Å². The monoisotopic (exact) mass is 365 g/mol. The minimum absolute atomic E-state index is 0.224. The predicted octanol–water partition coefficient (Wildman–Crippen LogP) is 3.51. The van der Waals surface area contributed by atoms with E-state index in [0.29, 0.717) is 23.8 Å². The van der Waals surface area contributed by atoms with Gasteiger partial charge in [0, 0.05) is 0 Å². The molecular formula is C21H23N3O3. The number of ether oxygens (including phenoxy) is 2. The number of amides is 1. The highest BCUT2D eigenvalue weighted by Crippen LogP contribution is 2.16. The van der Waals surface area contributed by atoms with E-state index < -0.39 is 5.91 Å². The van der Waals surface area contributed by atoms with E-state index in [9.17, 15) is 4.79 Å². The maximum atomic E-state index is 11.8. The van der Waals surface area contributed by atoms with Crippen molar-refractivity contribution in [2.75, 3.05) is 13.2 Å². The highest BCUT2D eigenvalue weighted by molar-refractivity contribution is 5.83. The van der Waals surface area contributed by atoms with Crippen molar-refractivity contribution in [3.05, 3.63) is 59.7 Å². The van der Waals surface area contributed by atoms with E-state index in [2.05, 4.69) is 24.4 Å². The molecule has 0 saturated heterocycles. The molecule has 1 N–H and O–H groups in total. The van der Waals surface area contributed by atoms with Gasteiger partial charge in [-0.25, -0.2) is 5.43 Å². The average Bonchev–Trinajstić information content (AvgIpc) is 2.67. The van der Waals surface area contributed by atoms with Crippen molar-refractivity contribution in [2.24, 2.45) is 11.0 Å². The Morgan fingerprint density at radius 2 is 1.93 bits per heavy atom. The first-order valence-corrected chi connectivity index (χ1v) is 8.75. The fourth-order valence-electron chi connectivity index (χ4n) is 2.10. The van der Waals surface area contributed by atoms with Crippen molar-refractivity contribution in [1.29, 1.82) is 5.26 Å². The third-order valence-electron chi connectivity index (χ3n) is 3.61. The van der Waals surface area contributed by atoms with E-state index in [4.69, 9.17) is 14.7 Å². The predicted molar refractivity (Wildman–Crippen MR) is 104 cm³/mol. The summed E-state index contributed by atoms with van der Waals surface area (Å²) in [5.41, 5.74) is 3.61. The molecule has 0 aliphatic heterocycles. The number of carbonyl (C=O) groups excluding carboxylic acids is 1. The van der Waals surface area contributed by atoms with Gasteiger partial charge in [-0.2, -0.15) is 10.4 Å². The first-order chi connectivity index (χ1) is 13.1. The lowest BCUT2D eigenvalue weighted by atomic mass is 10.1. The maximum absolute atomic E-state index is 11.8. The zero-order valence-corrected chi connectivity index (χ0v) is 15.5. The van der Waals surface area contributed by atoms with Gasteiger partial charge in [-0.05, 0) is 54.3 Å². The number of hydrogen-bond acceptors (Lipinski definition) is 5. The number of benzene rings is 2. The Kier molecular flexibility index (Phi) is 7.86. The molecule has 0 heterocycles. The minimum Gasteiger partial charge on any atom is -0.494 e. The third kappa shape index (κ3) is 7.20. The van der Waals surface area contributed by atoms with Crippen molar-refractivity contribution >= 4 is 12.1 Å². The van der Waals surface area contributed by atoms with Gasteiger partial charge in [0.25, 0.3) is 5.91 Å². The molecule has 0 aromatic heterocycles. The van der Waals surface area contributed by atoms with Gasteiger partial charge in [0.1, 0.15) is 17.6 Å². The molecule has 2 aromatic rings. The molecule has 1 amide bonds. The number of nitrogens with zero attached hydrogens (tertiary/aromatic N) is 2. The van der Waals surface area contributed by atoms with Gasteiger partial charge >= 0.3 is 0 Å². The third-order valence-corrected chi connectivity index (χ3v) is 3.61. The summed E-state index contributed by atoms with van der Waals surface area (Å²) in [4.78, 5) is 11.8. The fourth-order valence-corrected chi connectivity index (χ4v) is 2.10. The van der Waals surface area contributed by atoms with Crippen LogP contribution in [-0.4, -0.2) is 25.3 Å². The molecule has 0 aliphatic rings. The molecule has 0 unspecified atom stereocenters. The Bertz CT molecular complexity index is 808. The number of carbonyl (C=O) groups is 1. The number of nitrogens with one attached hydrogen (secondary N) is 1. The van der Waals surface area contributed by atoms with Crippen LogP contribution in [0.4, 0.5) is 0 Å². The van der Waals surface area contributed by atoms with Crippen molar-refractivity contribution in [1.82, 2.24) is 5.43 Å². The van der Waals surface area contributed by atoms with Crippen LogP contribution in [0.5, 0.6) is 11.5 Å². The van der Waals surface area contributed by atoms with Gasteiger partial charge in [0.2, 0.25) is 0 Å². The summed E-state index contributed by atoms with van der Waals surface area (Å²) in [7, 11) is 0. The maximum Gasteiger partial charge on any atom is 0.277 e. The second-order valence-corrected chi connectivity index (χ2v) is 6.29. The first kappa shape index (κ1) is 20.0. The van der Waals surface area contributed by atoms with Crippen LogP contribution in [0.25, 0.3) is 0 Å². The molecule has 6 nitrogen and oxygen atoms in total. The molecule has 0 spiro atoms. The van der Waals surface area contributed by atoms with Crippen LogP contribution < -0.4 is 14.9 Å². The molecule has 2 aromatic carbocycles. The molecular weight excluding hydrogens is 342 g/mol. The highest BCUT2D eigenvalue weighted by Gasteiger charge is 2.05. The molecule has 0 bridgehead atoms. The quantitative estimate of drug-likeness (QED) is 0.544. The van der Waals surface area contributed by atoms with E-state index in [1.54, 1.807) is 30.5 Å². The van der Waals surface area contributed by atoms with E-state index in [-0.39, 0.29) is 6.61 Å². The molecule has 0 fully saturated rings. The van der Waals surface area contributed by atoms with Crippen LogP contribution in [0.2, 0.25) is 0 Å². The zero-order valence-electron chi connectivity index (χ0n) is 15.5. The molecule has 27 heavy (non-hydrogen) atoms. The van der Waals surface area contributed by atoms with E-state index in [0.717, 1.165) is 17.7 Å². The smallest absolute Gasteiger partial charge is 0.277 e. The largest absolute Gasteiger partial charge is 0.494 e. The Balaban J connectivity index is 1.76. The fraction of sp³-hybridized carbons (Fsp3) is 0.286. The highest BCUT2D eigenvalue weighted by atomic mass is 16.5. The zero-order chi connectivity index (χ0) is 19.5. The van der Waals surface area contributed by atoms with Gasteiger partial charge in [-0.15, -0.1) is 0 Å². The minimum atomic E-state index is -0.410. The Labute approximate surface area is 159 Å². The lowest BCUT2D eigenvalue weighted by molar-refractivity contribution is -0.123. The standard InChI is InChI=1S/C21H23N3O3/c1-16(2)11-12-26-19-9-7-17(8-10-19)14-23-24-21(25)15-27-20-6-4-3-5-18(20)13-22/h3-10,14,16H,11-12,15H2,1-2H3,(H,24,25)/b23-14+. The summed E-state index contributed by atoms with van der Waals surface area (Å²) >= 11 is 0. The van der Waals surface area contributed by atoms with Crippen molar-refractivity contribution in [3.63, 3.8) is 0 Å². The normalized spacial score (nSPS) is 10.6. The van der Waals surface area contributed by atoms with Crippen LogP contribution in [0.1, 0.15) is 31.4 Å². The Morgan fingerprint density at radius 3 is 2.63 bits per heavy atom. The van der Waals surface area contributed by atoms with Crippen LogP contribution in [0.15, 0.2) is 53.6 Å². The van der Waals surface area contributed by atoms with Crippen LogP contribution in [0, 0.1) is 17.2 Å². The molecule has 0 atom stereocenters. The van der Waals surface area contributed by atoms with Crippen LogP contribution in [0.3, 0.4) is 0 Å². The summed E-state index contributed by atoms with van der Waals surface area (Å²) in [5, 5.41) is 12.9. The number of hydrazone groups is 1. The Hall–Kier alpha value is -3.33. The average molecular weight is 365 g/mol. The van der Waals surface area contributed by atoms with E-state index >= 15 is 0 Å². The second-order valence-electron chi connectivity index (χ2n) is 6.29. The molecule has 2 rings (SSSR count). The van der Waals surface area contributed by atoms with Crippen molar-refractivity contribution in [2.45, 2.75) is 20.3 Å². The number of nitriles is 1. The van der Waals surface area contributed by atoms with E-state index in [1.807, 2.05) is 30.3 Å². The SMILES string of the molecule is CC(C)CCOc1ccc(/C=N/NC(=O)COc2ccccc2C#N)cc1. The summed E-state index contributed by atoms with van der Waals surface area (Å²) in [6, 6.07) is 16.2. The van der Waals surface area contributed by atoms with Crippen LogP contribution in [-0.2, 0) is 4.79 Å². The molecule has 0 radical (unpaired) electrons. The summed E-state index contributed by atoms with van der Waals surface area (Å²) in [6.07, 6.45) is 2.55. The van der Waals surface area contributed by atoms with Gasteiger partial charge in [0.05, 0.1) is 18.4 Å². The van der Waals surface area contributed by atoms with Crippen molar-refractivity contribution in [3.8, 4) is 17.6 Å². The second kappa shape index (κ2) is 10.6. The first-order valence-electron chi connectivity index (χ1n) is 8.75. The van der Waals surface area contributed by atoms with E-state index in [1.165, 1.54) is 0 Å². The number of rotatable bonds is 9. The Morgan fingerprint density at radius 1 is 1.19 bits per heavy atom. The molecule has 0 aliphatic carbocycles. The summed E-state index contributed by atoms with van der Waals surface area (Å²) in [6.45, 7) is 4.78. The molecule has 140 valence electrons. The molecule has 6 heteroatoms. The van der Waals surface area contributed by atoms with Gasteiger partial charge in [-0.1, -0.05) is 26.0 Å². The summed E-state index contributed by atoms with van der Waals surface area (Å²) in [5.74, 6) is 1.37. The number of hydrogen-bond donors (Lipinski definition) is 1. The van der Waals surface area contributed by atoms with Gasteiger partial charge in [0.15, 0.2) is 6.61 Å². The summed E-state index contributed by atoms with van der Waals surface area (Å²) < 4.78 is 11.0. The van der Waals surface area contributed by atoms with Gasteiger partial charge in [-0.3, -0.25) is 4.79 Å². The van der Waals surface area contributed by atoms with Gasteiger partial charge < -0.3 is 9.47 Å². The molecule has 0 saturated carbocycles. The lowest BCUT2D eigenvalue weighted by Crippen LogP contribution is -2.24. The number of para-hydroxylation sites is 1. The topological polar surface area (TPSA) is 83.7 Å². The van der Waals surface area contributed by atoms with Crippen LogP contribution >= 0.6 is 0 Å².